The molecule has 0 aromatic carbocycles. The van der Waals surface area contributed by atoms with E-state index in [0.29, 0.717) is 0 Å². The van der Waals surface area contributed by atoms with Crippen molar-refractivity contribution in [1.82, 2.24) is 0 Å². The van der Waals surface area contributed by atoms with Crippen LogP contribution in [-0.2, 0) is 0 Å². The lowest BCUT2D eigenvalue weighted by atomic mass is 9.85. The summed E-state index contributed by atoms with van der Waals surface area (Å²) in [5, 5.41) is 0. The summed E-state index contributed by atoms with van der Waals surface area (Å²) in [5.74, 6) is 5.82. The first-order chi connectivity index (χ1) is 9.88. The minimum absolute atomic E-state index is 0.885. The van der Waals surface area contributed by atoms with Crippen LogP contribution in [0.15, 0.2) is 0 Å². The molecular weight excluding hydrogens is 252 g/mol. The van der Waals surface area contributed by atoms with Gasteiger partial charge in [-0.3, -0.25) is 0 Å². The normalized spacial score (nSPS) is 26.4. The summed E-state index contributed by atoms with van der Waals surface area (Å²) >= 11 is 0. The fourth-order valence-corrected chi connectivity index (χ4v) is 4.18. The fourth-order valence-electron chi connectivity index (χ4n) is 4.18. The Labute approximate surface area is 135 Å². The predicted molar refractivity (Wildman–Crippen MR) is 96.5 cm³/mol. The second-order valence-electron chi connectivity index (χ2n) is 9.12. The summed E-state index contributed by atoms with van der Waals surface area (Å²) < 4.78 is 0. The van der Waals surface area contributed by atoms with E-state index in [-0.39, 0.29) is 0 Å². The Hall–Kier alpha value is 0. The molecule has 3 unspecified atom stereocenters. The molecule has 0 spiro atoms. The molecule has 3 atom stereocenters. The van der Waals surface area contributed by atoms with Crippen molar-refractivity contribution in [3.8, 4) is 0 Å². The maximum atomic E-state index is 2.39. The third kappa shape index (κ3) is 8.27. The van der Waals surface area contributed by atoms with Crippen LogP contribution in [-0.4, -0.2) is 0 Å². The van der Waals surface area contributed by atoms with Crippen LogP contribution in [0.3, 0.4) is 0 Å². The highest BCUT2D eigenvalue weighted by atomic mass is 14.4. The van der Waals surface area contributed by atoms with E-state index in [1.807, 2.05) is 0 Å². The third-order valence-electron chi connectivity index (χ3n) is 5.56. The van der Waals surface area contributed by atoms with Crippen molar-refractivity contribution in [3.63, 3.8) is 0 Å². The van der Waals surface area contributed by atoms with Crippen LogP contribution in [0.5, 0.6) is 0 Å². The molecule has 0 aromatic heterocycles. The first-order valence-electron chi connectivity index (χ1n) is 9.88. The monoisotopic (exact) mass is 294 g/mol. The molecule has 0 aromatic rings. The van der Waals surface area contributed by atoms with Gasteiger partial charge in [0.05, 0.1) is 0 Å². The van der Waals surface area contributed by atoms with Crippen molar-refractivity contribution in [2.75, 3.05) is 0 Å². The summed E-state index contributed by atoms with van der Waals surface area (Å²) in [5.41, 5.74) is 0. The Kier molecular flexibility index (Phi) is 8.98. The van der Waals surface area contributed by atoms with E-state index in [2.05, 4.69) is 41.5 Å². The fraction of sp³-hybridized carbons (Fsp3) is 1.00. The van der Waals surface area contributed by atoms with E-state index in [9.17, 15) is 0 Å². The highest BCUT2D eigenvalue weighted by Crippen LogP contribution is 2.44. The zero-order valence-electron chi connectivity index (χ0n) is 15.8. The minimum Gasteiger partial charge on any atom is -0.0628 e. The van der Waals surface area contributed by atoms with Gasteiger partial charge in [-0.2, -0.15) is 0 Å². The Morgan fingerprint density at radius 2 is 1.10 bits per heavy atom. The Balaban J connectivity index is 2.41. The van der Waals surface area contributed by atoms with E-state index in [4.69, 9.17) is 0 Å². The molecule has 21 heavy (non-hydrogen) atoms. The maximum Gasteiger partial charge on any atom is -0.0383 e. The lowest BCUT2D eigenvalue weighted by Crippen LogP contribution is -2.09. The van der Waals surface area contributed by atoms with E-state index in [1.165, 1.54) is 44.9 Å². The Morgan fingerprint density at radius 1 is 0.619 bits per heavy atom. The zero-order chi connectivity index (χ0) is 15.8. The van der Waals surface area contributed by atoms with Crippen molar-refractivity contribution < 1.29 is 0 Å². The molecule has 1 saturated carbocycles. The molecule has 126 valence electrons. The molecule has 0 N–H and O–H groups in total. The van der Waals surface area contributed by atoms with Crippen molar-refractivity contribution >= 4 is 0 Å². The van der Waals surface area contributed by atoms with Crippen molar-refractivity contribution in [1.29, 1.82) is 0 Å². The lowest BCUT2D eigenvalue weighted by Gasteiger charge is -2.20. The molecule has 0 saturated heterocycles. The first kappa shape index (κ1) is 19.0. The van der Waals surface area contributed by atoms with Crippen LogP contribution >= 0.6 is 0 Å². The molecule has 0 nitrogen and oxygen atoms in total. The van der Waals surface area contributed by atoms with Gasteiger partial charge < -0.3 is 0 Å². The quantitative estimate of drug-likeness (QED) is 0.395. The van der Waals surface area contributed by atoms with Crippen LogP contribution in [0, 0.1) is 35.5 Å². The predicted octanol–water partition coefficient (Wildman–Crippen LogP) is 7.33. The summed E-state index contributed by atoms with van der Waals surface area (Å²) in [6, 6.07) is 0. The molecule has 0 bridgehead atoms. The topological polar surface area (TPSA) is 0 Å². The van der Waals surface area contributed by atoms with Crippen molar-refractivity contribution in [3.05, 3.63) is 0 Å². The second kappa shape index (κ2) is 9.90. The lowest BCUT2D eigenvalue weighted by molar-refractivity contribution is 0.308. The van der Waals surface area contributed by atoms with Crippen LogP contribution < -0.4 is 0 Å². The van der Waals surface area contributed by atoms with E-state index in [0.717, 1.165) is 35.5 Å². The minimum atomic E-state index is 0.885. The van der Waals surface area contributed by atoms with Gasteiger partial charge in [-0.05, 0) is 54.8 Å². The van der Waals surface area contributed by atoms with Gasteiger partial charge in [-0.15, -0.1) is 0 Å². The van der Waals surface area contributed by atoms with Gasteiger partial charge >= 0.3 is 0 Å². The molecule has 1 aliphatic carbocycles. The molecule has 1 rings (SSSR count). The SMILES string of the molecule is CC(C)CCCC1CC(CCC(C)C)CC1CCC(C)C. The average molecular weight is 295 g/mol. The maximum absolute atomic E-state index is 2.39. The Morgan fingerprint density at radius 3 is 1.62 bits per heavy atom. The molecule has 1 aliphatic rings. The van der Waals surface area contributed by atoms with E-state index >= 15 is 0 Å². The van der Waals surface area contributed by atoms with E-state index in [1.54, 1.807) is 12.8 Å². The zero-order valence-corrected chi connectivity index (χ0v) is 15.8. The largest absolute Gasteiger partial charge is 0.0628 e. The highest BCUT2D eigenvalue weighted by Gasteiger charge is 2.33. The summed E-state index contributed by atoms with van der Waals surface area (Å²) in [7, 11) is 0. The second-order valence-corrected chi connectivity index (χ2v) is 9.12. The van der Waals surface area contributed by atoms with Gasteiger partial charge in [0.15, 0.2) is 0 Å². The molecule has 0 heteroatoms. The molecule has 0 amide bonds. The summed E-state index contributed by atoms with van der Waals surface area (Å²) in [6.45, 7) is 14.3. The number of rotatable bonds is 10. The van der Waals surface area contributed by atoms with Gasteiger partial charge in [0.1, 0.15) is 0 Å². The van der Waals surface area contributed by atoms with Crippen LogP contribution in [0.25, 0.3) is 0 Å². The highest BCUT2D eigenvalue weighted by molar-refractivity contribution is 4.84. The first-order valence-corrected chi connectivity index (χ1v) is 9.88. The molecule has 1 fully saturated rings. The smallest absolute Gasteiger partial charge is 0.0383 e. The van der Waals surface area contributed by atoms with Crippen LogP contribution in [0.2, 0.25) is 0 Å². The van der Waals surface area contributed by atoms with Gasteiger partial charge in [0.2, 0.25) is 0 Å². The van der Waals surface area contributed by atoms with Crippen molar-refractivity contribution in [2.45, 2.75) is 99.3 Å². The van der Waals surface area contributed by atoms with Gasteiger partial charge in [0.25, 0.3) is 0 Å². The van der Waals surface area contributed by atoms with Gasteiger partial charge in [-0.25, -0.2) is 0 Å². The van der Waals surface area contributed by atoms with E-state index < -0.39 is 0 Å². The Bertz CT molecular complexity index is 251. The molecule has 0 radical (unpaired) electrons. The standard InChI is InChI=1S/C21H42/c1-16(2)8-7-9-20-14-19(12-10-17(3)4)15-21(20)13-11-18(5)6/h16-21H,7-15H2,1-6H3. The van der Waals surface area contributed by atoms with Crippen molar-refractivity contribution in [2.24, 2.45) is 35.5 Å². The van der Waals surface area contributed by atoms with Gasteiger partial charge in [-0.1, -0.05) is 80.1 Å². The van der Waals surface area contributed by atoms with Gasteiger partial charge in [0, 0.05) is 0 Å². The molecular formula is C21H42. The van der Waals surface area contributed by atoms with Crippen LogP contribution in [0.1, 0.15) is 99.3 Å². The number of hydrogen-bond donors (Lipinski definition) is 0. The number of hydrogen-bond acceptors (Lipinski definition) is 0. The third-order valence-corrected chi connectivity index (χ3v) is 5.56. The summed E-state index contributed by atoms with van der Waals surface area (Å²) in [4.78, 5) is 0. The average Bonchev–Trinajstić information content (AvgIpc) is 2.76. The summed E-state index contributed by atoms with van der Waals surface area (Å²) in [6.07, 6.45) is 13.4. The van der Waals surface area contributed by atoms with Crippen LogP contribution in [0.4, 0.5) is 0 Å². The molecule has 0 heterocycles. The molecule has 0 aliphatic heterocycles.